The minimum Gasteiger partial charge on any atom is -0.487 e. The summed E-state index contributed by atoms with van der Waals surface area (Å²) in [5.41, 5.74) is 2.18. The second kappa shape index (κ2) is 6.34. The molecule has 1 saturated heterocycles. The Morgan fingerprint density at radius 3 is 2.57 bits per heavy atom. The number of hydrogen-bond donors (Lipinski definition) is 1. The molecule has 118 valence electrons. The molecule has 0 spiro atoms. The van der Waals surface area contributed by atoms with Gasteiger partial charge in [-0.15, -0.1) is 0 Å². The Morgan fingerprint density at radius 2 is 1.90 bits per heavy atom. The fourth-order valence-corrected chi connectivity index (χ4v) is 3.40. The summed E-state index contributed by atoms with van der Waals surface area (Å²) in [6.07, 6.45) is 1.05. The van der Waals surface area contributed by atoms with Gasteiger partial charge in [-0.05, 0) is 37.5 Å². The van der Waals surface area contributed by atoms with Crippen molar-refractivity contribution < 1.29 is 18.3 Å². The van der Waals surface area contributed by atoms with Crippen LogP contribution in [0, 0.1) is 13.8 Å². The van der Waals surface area contributed by atoms with Crippen molar-refractivity contribution in [1.82, 2.24) is 4.31 Å². The van der Waals surface area contributed by atoms with Crippen LogP contribution in [0.2, 0.25) is 0 Å². The number of benzene rings is 1. The molecule has 1 aliphatic rings. The summed E-state index contributed by atoms with van der Waals surface area (Å²) in [4.78, 5) is 0. The third kappa shape index (κ3) is 3.96. The van der Waals surface area contributed by atoms with E-state index in [1.807, 2.05) is 32.0 Å². The van der Waals surface area contributed by atoms with Crippen molar-refractivity contribution in [3.63, 3.8) is 0 Å². The molecule has 1 aromatic carbocycles. The van der Waals surface area contributed by atoms with Gasteiger partial charge < -0.3 is 9.84 Å². The molecule has 2 atom stereocenters. The van der Waals surface area contributed by atoms with Gasteiger partial charge in [0.15, 0.2) is 0 Å². The average Bonchev–Trinajstić information content (AvgIpc) is 2.57. The molecule has 1 N–H and O–H groups in total. The fourth-order valence-electron chi connectivity index (χ4n) is 2.52. The first-order valence-electron chi connectivity index (χ1n) is 7.15. The van der Waals surface area contributed by atoms with Gasteiger partial charge in [0.05, 0.1) is 12.4 Å². The van der Waals surface area contributed by atoms with Gasteiger partial charge in [0, 0.05) is 19.5 Å². The lowest BCUT2D eigenvalue weighted by molar-refractivity contribution is 0.0346. The zero-order chi connectivity index (χ0) is 15.6. The van der Waals surface area contributed by atoms with E-state index in [-0.39, 0.29) is 6.10 Å². The van der Waals surface area contributed by atoms with Crippen LogP contribution in [0.5, 0.6) is 5.75 Å². The monoisotopic (exact) mass is 313 g/mol. The third-order valence-corrected chi connectivity index (χ3v) is 5.37. The zero-order valence-corrected chi connectivity index (χ0v) is 13.6. The predicted octanol–water partition coefficient (Wildman–Crippen LogP) is 1.47. The van der Waals surface area contributed by atoms with Gasteiger partial charge in [-0.2, -0.15) is 0 Å². The first kappa shape index (κ1) is 16.3. The number of nitrogens with zero attached hydrogens (tertiary/aromatic N) is 1. The second-order valence-electron chi connectivity index (χ2n) is 5.66. The smallest absolute Gasteiger partial charge is 0.211 e. The van der Waals surface area contributed by atoms with Crippen LogP contribution < -0.4 is 4.74 Å². The lowest BCUT2D eigenvalue weighted by atomic mass is 10.1. The minimum atomic E-state index is -3.22. The number of ether oxygens (including phenoxy) is 1. The van der Waals surface area contributed by atoms with Crippen molar-refractivity contribution in [1.29, 1.82) is 0 Å². The highest BCUT2D eigenvalue weighted by Crippen LogP contribution is 2.25. The molecule has 6 heteroatoms. The standard InChI is InChI=1S/C15H23NO4S/c1-11-5-4-6-14(12(11)2)20-15-8-10-16(21(3,18)19)9-7-13(15)17/h4-6,13,15,17H,7-10H2,1-3H3. The van der Waals surface area contributed by atoms with Gasteiger partial charge >= 0.3 is 0 Å². The molecule has 1 heterocycles. The van der Waals surface area contributed by atoms with Gasteiger partial charge in [-0.25, -0.2) is 12.7 Å². The van der Waals surface area contributed by atoms with Crippen molar-refractivity contribution >= 4 is 10.0 Å². The first-order valence-corrected chi connectivity index (χ1v) is 9.00. The molecule has 1 aromatic rings. The van der Waals surface area contributed by atoms with E-state index in [1.54, 1.807) is 0 Å². The van der Waals surface area contributed by atoms with E-state index in [9.17, 15) is 13.5 Å². The molecular weight excluding hydrogens is 290 g/mol. The summed E-state index contributed by atoms with van der Waals surface area (Å²) in [5, 5.41) is 10.2. The van der Waals surface area contributed by atoms with Crippen LogP contribution in [0.15, 0.2) is 18.2 Å². The van der Waals surface area contributed by atoms with Gasteiger partial charge in [0.25, 0.3) is 0 Å². The van der Waals surface area contributed by atoms with Gasteiger partial charge in [-0.1, -0.05) is 12.1 Å². The summed E-state index contributed by atoms with van der Waals surface area (Å²) in [6.45, 7) is 4.71. The van der Waals surface area contributed by atoms with Crippen LogP contribution in [-0.2, 0) is 10.0 Å². The topological polar surface area (TPSA) is 66.8 Å². The molecule has 0 radical (unpaired) electrons. The van der Waals surface area contributed by atoms with Crippen LogP contribution in [0.3, 0.4) is 0 Å². The van der Waals surface area contributed by atoms with Gasteiger partial charge in [0.1, 0.15) is 11.9 Å². The Morgan fingerprint density at radius 1 is 1.24 bits per heavy atom. The lowest BCUT2D eigenvalue weighted by Gasteiger charge is -2.23. The third-order valence-electron chi connectivity index (χ3n) is 4.07. The van der Waals surface area contributed by atoms with E-state index in [0.29, 0.717) is 25.9 Å². The van der Waals surface area contributed by atoms with Crippen molar-refractivity contribution in [3.05, 3.63) is 29.3 Å². The van der Waals surface area contributed by atoms with Gasteiger partial charge in [0.2, 0.25) is 10.0 Å². The Balaban J connectivity index is 2.11. The maximum atomic E-state index is 11.6. The Bertz CT molecular complexity index is 600. The van der Waals surface area contributed by atoms with E-state index in [4.69, 9.17) is 4.74 Å². The average molecular weight is 313 g/mol. The predicted molar refractivity (Wildman–Crippen MR) is 82.0 cm³/mol. The minimum absolute atomic E-state index is 0.340. The zero-order valence-electron chi connectivity index (χ0n) is 12.7. The molecule has 2 rings (SSSR count). The molecule has 0 aliphatic carbocycles. The van der Waals surface area contributed by atoms with Crippen LogP contribution >= 0.6 is 0 Å². The van der Waals surface area contributed by atoms with E-state index in [0.717, 1.165) is 16.9 Å². The van der Waals surface area contributed by atoms with Gasteiger partial charge in [-0.3, -0.25) is 0 Å². The van der Waals surface area contributed by atoms with Crippen LogP contribution in [0.1, 0.15) is 24.0 Å². The SMILES string of the molecule is Cc1cccc(OC2CCN(S(C)(=O)=O)CCC2O)c1C. The largest absolute Gasteiger partial charge is 0.487 e. The van der Waals surface area contributed by atoms with Crippen molar-refractivity contribution in [2.75, 3.05) is 19.3 Å². The normalized spacial score (nSPS) is 24.6. The first-order chi connectivity index (χ1) is 9.79. The number of rotatable bonds is 3. The molecule has 1 aliphatic heterocycles. The van der Waals surface area contributed by atoms with E-state index < -0.39 is 16.1 Å². The van der Waals surface area contributed by atoms with E-state index >= 15 is 0 Å². The Labute approximate surface area is 126 Å². The number of aliphatic hydroxyl groups is 1. The number of hydrogen-bond acceptors (Lipinski definition) is 4. The van der Waals surface area contributed by atoms with Crippen LogP contribution in [0.4, 0.5) is 0 Å². The number of aliphatic hydroxyl groups excluding tert-OH is 1. The highest BCUT2D eigenvalue weighted by atomic mass is 32.2. The molecule has 0 aromatic heterocycles. The Hall–Kier alpha value is -1.11. The summed E-state index contributed by atoms with van der Waals surface area (Å²) >= 11 is 0. The molecular formula is C15H23NO4S. The fraction of sp³-hybridized carbons (Fsp3) is 0.600. The summed E-state index contributed by atoms with van der Waals surface area (Å²) in [5.74, 6) is 0.756. The molecule has 21 heavy (non-hydrogen) atoms. The van der Waals surface area contributed by atoms with Crippen molar-refractivity contribution in [2.24, 2.45) is 0 Å². The summed E-state index contributed by atoms with van der Waals surface area (Å²) < 4.78 is 30.6. The van der Waals surface area contributed by atoms with Crippen LogP contribution in [0.25, 0.3) is 0 Å². The molecule has 0 saturated carbocycles. The highest BCUT2D eigenvalue weighted by Gasteiger charge is 2.30. The van der Waals surface area contributed by atoms with Crippen molar-refractivity contribution in [2.45, 2.75) is 38.9 Å². The van der Waals surface area contributed by atoms with E-state index in [2.05, 4.69) is 0 Å². The molecule has 0 amide bonds. The number of sulfonamides is 1. The maximum absolute atomic E-state index is 11.6. The maximum Gasteiger partial charge on any atom is 0.211 e. The molecule has 5 nitrogen and oxygen atoms in total. The number of aryl methyl sites for hydroxylation is 1. The molecule has 0 bridgehead atoms. The van der Waals surface area contributed by atoms with Crippen molar-refractivity contribution in [3.8, 4) is 5.75 Å². The summed E-state index contributed by atoms with van der Waals surface area (Å²) in [6, 6.07) is 5.81. The summed E-state index contributed by atoms with van der Waals surface area (Å²) in [7, 11) is -3.22. The van der Waals surface area contributed by atoms with Crippen LogP contribution in [-0.4, -0.2) is 49.4 Å². The quantitative estimate of drug-likeness (QED) is 0.917. The Kier molecular flexibility index (Phi) is 4.91. The lowest BCUT2D eigenvalue weighted by Crippen LogP contribution is -2.32. The highest BCUT2D eigenvalue weighted by molar-refractivity contribution is 7.88. The van der Waals surface area contributed by atoms with E-state index in [1.165, 1.54) is 10.6 Å². The molecule has 1 fully saturated rings. The second-order valence-corrected chi connectivity index (χ2v) is 7.64. The molecule has 2 unspecified atom stereocenters.